The lowest BCUT2D eigenvalue weighted by Gasteiger charge is -2.32. The Bertz CT molecular complexity index is 869. The molecule has 8 heteroatoms. The standard InChI is InChI=1S/C19H26N4O3S/c1-15-6-8-16(9-7-15)14-27(24,25)23-12-4-5-17(13-23)26-19-18(22(2)3)20-10-11-21-19/h6-11,17H,4-5,12-14H2,1-3H3. The zero-order valence-electron chi connectivity index (χ0n) is 16.0. The van der Waals surface area contributed by atoms with Crippen LogP contribution in [0.4, 0.5) is 5.82 Å². The largest absolute Gasteiger partial charge is 0.470 e. The van der Waals surface area contributed by atoms with E-state index >= 15 is 0 Å². The van der Waals surface area contributed by atoms with Crippen LogP contribution >= 0.6 is 0 Å². The predicted molar refractivity (Wildman–Crippen MR) is 105 cm³/mol. The maximum atomic E-state index is 12.8. The molecule has 1 saturated heterocycles. The minimum absolute atomic E-state index is 0.00803. The van der Waals surface area contributed by atoms with Gasteiger partial charge in [0.1, 0.15) is 6.10 Å². The molecule has 2 aromatic rings. The van der Waals surface area contributed by atoms with Crippen LogP contribution in [0.3, 0.4) is 0 Å². The molecule has 146 valence electrons. The Hall–Kier alpha value is -2.19. The van der Waals surface area contributed by atoms with Crippen molar-refractivity contribution in [2.45, 2.75) is 31.6 Å². The summed E-state index contributed by atoms with van der Waals surface area (Å²) in [4.78, 5) is 10.4. The fourth-order valence-electron chi connectivity index (χ4n) is 3.11. The number of anilines is 1. The first-order chi connectivity index (χ1) is 12.8. The van der Waals surface area contributed by atoms with Gasteiger partial charge in [-0.15, -0.1) is 0 Å². The molecule has 1 fully saturated rings. The molecule has 1 aliphatic rings. The molecule has 2 heterocycles. The van der Waals surface area contributed by atoms with Gasteiger partial charge < -0.3 is 9.64 Å². The summed E-state index contributed by atoms with van der Waals surface area (Å²) in [5.41, 5.74) is 1.91. The van der Waals surface area contributed by atoms with Crippen molar-refractivity contribution < 1.29 is 13.2 Å². The summed E-state index contributed by atoms with van der Waals surface area (Å²) in [5, 5.41) is 0. The predicted octanol–water partition coefficient (Wildman–Crippen LogP) is 2.22. The van der Waals surface area contributed by atoms with E-state index in [1.807, 2.05) is 50.2 Å². The van der Waals surface area contributed by atoms with Crippen LogP contribution in [-0.2, 0) is 15.8 Å². The number of rotatable bonds is 6. The third kappa shape index (κ3) is 4.95. The Balaban J connectivity index is 1.69. The lowest BCUT2D eigenvalue weighted by Crippen LogP contribution is -2.44. The average molecular weight is 391 g/mol. The van der Waals surface area contributed by atoms with Crippen LogP contribution in [0, 0.1) is 6.92 Å². The Morgan fingerprint density at radius 3 is 2.59 bits per heavy atom. The minimum atomic E-state index is -3.39. The van der Waals surface area contributed by atoms with E-state index in [9.17, 15) is 8.42 Å². The Labute approximate surface area is 161 Å². The van der Waals surface area contributed by atoms with Crippen molar-refractivity contribution in [2.24, 2.45) is 0 Å². The zero-order valence-corrected chi connectivity index (χ0v) is 16.8. The number of ether oxygens (including phenoxy) is 1. The summed E-state index contributed by atoms with van der Waals surface area (Å²) >= 11 is 0. The van der Waals surface area contributed by atoms with Gasteiger partial charge in [0, 0.05) is 33.0 Å². The van der Waals surface area contributed by atoms with E-state index in [1.165, 1.54) is 4.31 Å². The van der Waals surface area contributed by atoms with Gasteiger partial charge in [-0.2, -0.15) is 4.31 Å². The molecule has 0 bridgehead atoms. The van der Waals surface area contributed by atoms with Gasteiger partial charge in [0.15, 0.2) is 5.82 Å². The quantitative estimate of drug-likeness (QED) is 0.753. The lowest BCUT2D eigenvalue weighted by atomic mass is 10.1. The molecule has 0 aliphatic carbocycles. The molecule has 3 rings (SSSR count). The highest BCUT2D eigenvalue weighted by atomic mass is 32.2. The molecule has 1 unspecified atom stereocenters. The molecule has 0 saturated carbocycles. The van der Waals surface area contributed by atoms with Gasteiger partial charge in [0.25, 0.3) is 5.88 Å². The number of benzene rings is 1. The minimum Gasteiger partial charge on any atom is -0.470 e. The number of sulfonamides is 1. The highest BCUT2D eigenvalue weighted by Gasteiger charge is 2.30. The van der Waals surface area contributed by atoms with Crippen molar-refractivity contribution in [2.75, 3.05) is 32.1 Å². The normalized spacial score (nSPS) is 18.3. The molecule has 0 N–H and O–H groups in total. The second-order valence-electron chi connectivity index (χ2n) is 7.06. The molecule has 1 aliphatic heterocycles. The van der Waals surface area contributed by atoms with E-state index in [0.29, 0.717) is 24.8 Å². The van der Waals surface area contributed by atoms with Crippen molar-refractivity contribution in [3.63, 3.8) is 0 Å². The topological polar surface area (TPSA) is 75.6 Å². The van der Waals surface area contributed by atoms with Gasteiger partial charge in [-0.25, -0.2) is 18.4 Å². The van der Waals surface area contributed by atoms with Gasteiger partial charge in [0.05, 0.1) is 12.3 Å². The molecule has 7 nitrogen and oxygen atoms in total. The van der Waals surface area contributed by atoms with Crippen LogP contribution in [0.5, 0.6) is 5.88 Å². The number of aryl methyl sites for hydroxylation is 1. The first-order valence-corrected chi connectivity index (χ1v) is 10.6. The molecule has 1 aromatic carbocycles. The maximum absolute atomic E-state index is 12.8. The van der Waals surface area contributed by atoms with Crippen molar-refractivity contribution in [1.82, 2.24) is 14.3 Å². The summed E-state index contributed by atoms with van der Waals surface area (Å²) in [6, 6.07) is 7.61. The van der Waals surface area contributed by atoms with Crippen molar-refractivity contribution in [1.29, 1.82) is 0 Å². The average Bonchev–Trinajstić information content (AvgIpc) is 2.64. The van der Waals surface area contributed by atoms with E-state index in [1.54, 1.807) is 12.4 Å². The first-order valence-electron chi connectivity index (χ1n) is 9.03. The van der Waals surface area contributed by atoms with Crippen LogP contribution in [0.2, 0.25) is 0 Å². The van der Waals surface area contributed by atoms with Crippen molar-refractivity contribution in [3.05, 3.63) is 47.8 Å². The molecule has 1 aromatic heterocycles. The molecule has 0 spiro atoms. The molecule has 0 amide bonds. The Kier molecular flexibility index (Phi) is 5.96. The first kappa shape index (κ1) is 19.6. The highest BCUT2D eigenvalue weighted by molar-refractivity contribution is 7.88. The Morgan fingerprint density at radius 2 is 1.89 bits per heavy atom. The summed E-state index contributed by atoms with van der Waals surface area (Å²) in [6.45, 7) is 2.84. The summed E-state index contributed by atoms with van der Waals surface area (Å²) in [7, 11) is 0.348. The van der Waals surface area contributed by atoms with Gasteiger partial charge >= 0.3 is 0 Å². The van der Waals surface area contributed by atoms with Crippen LogP contribution in [0.1, 0.15) is 24.0 Å². The zero-order chi connectivity index (χ0) is 19.4. The summed E-state index contributed by atoms with van der Waals surface area (Å²) < 4.78 is 33.2. The van der Waals surface area contributed by atoms with Gasteiger partial charge in [-0.1, -0.05) is 29.8 Å². The summed E-state index contributed by atoms with van der Waals surface area (Å²) in [6.07, 6.45) is 4.51. The molecule has 0 radical (unpaired) electrons. The maximum Gasteiger partial charge on any atom is 0.257 e. The fraction of sp³-hybridized carbons (Fsp3) is 0.474. The second kappa shape index (κ2) is 8.22. The van der Waals surface area contributed by atoms with Crippen LogP contribution in [-0.4, -0.2) is 56.0 Å². The number of piperidine rings is 1. The summed E-state index contributed by atoms with van der Waals surface area (Å²) in [5.74, 6) is 1.08. The highest BCUT2D eigenvalue weighted by Crippen LogP contribution is 2.25. The third-order valence-electron chi connectivity index (χ3n) is 4.55. The molecule has 27 heavy (non-hydrogen) atoms. The third-order valence-corrected chi connectivity index (χ3v) is 6.37. The number of hydrogen-bond acceptors (Lipinski definition) is 6. The van der Waals surface area contributed by atoms with Crippen molar-refractivity contribution in [3.8, 4) is 5.88 Å². The monoisotopic (exact) mass is 390 g/mol. The van der Waals surface area contributed by atoms with E-state index in [4.69, 9.17) is 4.74 Å². The number of aromatic nitrogens is 2. The number of nitrogens with zero attached hydrogens (tertiary/aromatic N) is 4. The fourth-order valence-corrected chi connectivity index (χ4v) is 4.70. The van der Waals surface area contributed by atoms with Crippen LogP contribution in [0.15, 0.2) is 36.7 Å². The lowest BCUT2D eigenvalue weighted by molar-refractivity contribution is 0.124. The SMILES string of the molecule is Cc1ccc(CS(=O)(=O)N2CCCC(Oc3nccnc3N(C)C)C2)cc1. The van der Waals surface area contributed by atoms with Gasteiger partial charge in [-0.3, -0.25) is 0 Å². The van der Waals surface area contributed by atoms with E-state index in [-0.39, 0.29) is 11.9 Å². The molecule has 1 atom stereocenters. The van der Waals surface area contributed by atoms with Crippen LogP contribution in [0.25, 0.3) is 0 Å². The van der Waals surface area contributed by atoms with E-state index in [0.717, 1.165) is 24.0 Å². The van der Waals surface area contributed by atoms with E-state index < -0.39 is 10.0 Å². The van der Waals surface area contributed by atoms with E-state index in [2.05, 4.69) is 9.97 Å². The smallest absolute Gasteiger partial charge is 0.257 e. The second-order valence-corrected chi connectivity index (χ2v) is 9.03. The van der Waals surface area contributed by atoms with Gasteiger partial charge in [-0.05, 0) is 25.3 Å². The molecular weight excluding hydrogens is 364 g/mol. The number of hydrogen-bond donors (Lipinski definition) is 0. The molecular formula is C19H26N4O3S. The Morgan fingerprint density at radius 1 is 1.19 bits per heavy atom. The van der Waals surface area contributed by atoms with Crippen LogP contribution < -0.4 is 9.64 Å². The van der Waals surface area contributed by atoms with Gasteiger partial charge in [0.2, 0.25) is 10.0 Å². The van der Waals surface area contributed by atoms with Crippen molar-refractivity contribution >= 4 is 15.8 Å².